The monoisotopic (exact) mass is 172 g/mol. The maximum absolute atomic E-state index is 10.8. The van der Waals surface area contributed by atoms with Crippen molar-refractivity contribution in [1.82, 2.24) is 9.78 Å². The topological polar surface area (TPSA) is 37.8 Å². The van der Waals surface area contributed by atoms with Crippen molar-refractivity contribution in [2.24, 2.45) is 0 Å². The minimum absolute atomic E-state index is 0.0246. The lowest BCUT2D eigenvalue weighted by molar-refractivity contribution is 0.619. The van der Waals surface area contributed by atoms with Gasteiger partial charge in [0.1, 0.15) is 0 Å². The Morgan fingerprint density at radius 2 is 2.36 bits per heavy atom. The number of H-pyrrole nitrogens is 1. The van der Waals surface area contributed by atoms with Crippen LogP contribution in [0.25, 0.3) is 0 Å². The lowest BCUT2D eigenvalue weighted by atomic mass is 10.5. The Bertz CT molecular complexity index is 289. The minimum atomic E-state index is -0.0246. The van der Waals surface area contributed by atoms with E-state index in [0.717, 1.165) is 5.69 Å². The van der Waals surface area contributed by atoms with Gasteiger partial charge in [0.05, 0.1) is 5.37 Å². The van der Waals surface area contributed by atoms with Gasteiger partial charge < -0.3 is 0 Å². The van der Waals surface area contributed by atoms with E-state index in [-0.39, 0.29) is 5.56 Å². The van der Waals surface area contributed by atoms with Gasteiger partial charge >= 0.3 is 0 Å². The van der Waals surface area contributed by atoms with Gasteiger partial charge in [0.15, 0.2) is 0 Å². The normalized spacial score (nSPS) is 13.4. The molecule has 4 heteroatoms. The Morgan fingerprint density at radius 3 is 2.73 bits per heavy atom. The van der Waals surface area contributed by atoms with E-state index in [4.69, 9.17) is 0 Å². The van der Waals surface area contributed by atoms with Gasteiger partial charge in [-0.25, -0.2) is 0 Å². The number of hydrogen-bond donors (Lipinski definition) is 1. The van der Waals surface area contributed by atoms with Crippen LogP contribution in [0.2, 0.25) is 0 Å². The van der Waals surface area contributed by atoms with E-state index < -0.39 is 0 Å². The van der Waals surface area contributed by atoms with Crippen molar-refractivity contribution < 1.29 is 0 Å². The highest BCUT2D eigenvalue weighted by Gasteiger charge is 2.04. The fraction of sp³-hybridized carbons (Fsp3) is 0.571. The predicted molar refractivity (Wildman–Crippen MR) is 48.0 cm³/mol. The second kappa shape index (κ2) is 3.17. The number of thioether (sulfide) groups is 1. The summed E-state index contributed by atoms with van der Waals surface area (Å²) in [5.74, 6) is 0. The molecule has 0 amide bonds. The van der Waals surface area contributed by atoms with Crippen LogP contribution >= 0.6 is 11.8 Å². The van der Waals surface area contributed by atoms with Crippen LogP contribution < -0.4 is 5.56 Å². The first-order valence-corrected chi connectivity index (χ1v) is 4.75. The molecule has 1 N–H and O–H groups in total. The molecule has 3 nitrogen and oxygen atoms in total. The number of rotatable bonds is 2. The first-order valence-electron chi connectivity index (χ1n) is 3.46. The van der Waals surface area contributed by atoms with E-state index in [0.29, 0.717) is 5.37 Å². The third-order valence-electron chi connectivity index (χ3n) is 1.66. The smallest absolute Gasteiger partial charge is 0.264 e. The Kier molecular flexibility index (Phi) is 2.44. The van der Waals surface area contributed by atoms with Crippen molar-refractivity contribution in [3.8, 4) is 0 Å². The quantitative estimate of drug-likeness (QED) is 0.731. The molecule has 11 heavy (non-hydrogen) atoms. The second-order valence-corrected chi connectivity index (χ2v) is 3.62. The maximum atomic E-state index is 10.8. The van der Waals surface area contributed by atoms with Crippen molar-refractivity contribution in [1.29, 1.82) is 0 Å². The molecule has 0 spiro atoms. The van der Waals surface area contributed by atoms with Crippen LogP contribution in [-0.4, -0.2) is 16.0 Å². The molecular formula is C7H12N2OS. The largest absolute Gasteiger partial charge is 0.277 e. The van der Waals surface area contributed by atoms with Gasteiger partial charge in [-0.15, -0.1) is 11.8 Å². The number of aromatic amines is 1. The molecule has 0 aliphatic rings. The molecule has 0 bridgehead atoms. The highest BCUT2D eigenvalue weighted by Crippen LogP contribution is 2.17. The Labute approximate surface area is 69.8 Å². The molecule has 0 radical (unpaired) electrons. The standard InChI is InChI=1S/C7H12N2OS/c1-5-4-7(10)8-9(5)6(2)11-3/h4,6H,1-3H3,(H,8,10). The fourth-order valence-corrected chi connectivity index (χ4v) is 1.41. The molecule has 0 saturated carbocycles. The van der Waals surface area contributed by atoms with Crippen LogP contribution in [0, 0.1) is 6.92 Å². The molecule has 0 aliphatic carbocycles. The van der Waals surface area contributed by atoms with Gasteiger partial charge in [-0.2, -0.15) is 0 Å². The van der Waals surface area contributed by atoms with Gasteiger partial charge in [0.25, 0.3) is 5.56 Å². The third-order valence-corrected chi connectivity index (χ3v) is 2.55. The van der Waals surface area contributed by atoms with Crippen molar-refractivity contribution in [3.05, 3.63) is 22.1 Å². The second-order valence-electron chi connectivity index (χ2n) is 2.47. The molecule has 1 aromatic rings. The van der Waals surface area contributed by atoms with Gasteiger partial charge in [0, 0.05) is 11.8 Å². The van der Waals surface area contributed by atoms with Crippen LogP contribution in [0.5, 0.6) is 0 Å². The van der Waals surface area contributed by atoms with Gasteiger partial charge in [-0.05, 0) is 20.1 Å². The maximum Gasteiger partial charge on any atom is 0.264 e. The Morgan fingerprint density at radius 1 is 1.73 bits per heavy atom. The molecule has 0 aromatic carbocycles. The molecule has 1 atom stereocenters. The van der Waals surface area contributed by atoms with Crippen LogP contribution in [0.15, 0.2) is 10.9 Å². The molecule has 1 heterocycles. The van der Waals surface area contributed by atoms with Crippen molar-refractivity contribution in [2.45, 2.75) is 19.2 Å². The molecule has 1 unspecified atom stereocenters. The van der Waals surface area contributed by atoms with Gasteiger partial charge in [-0.1, -0.05) is 0 Å². The summed E-state index contributed by atoms with van der Waals surface area (Å²) in [6.45, 7) is 3.97. The SMILES string of the molecule is CSC(C)n1[nH]c(=O)cc1C. The molecule has 0 saturated heterocycles. The van der Waals surface area contributed by atoms with Crippen LogP contribution in [0.4, 0.5) is 0 Å². The lowest BCUT2D eigenvalue weighted by Gasteiger charge is -2.11. The van der Waals surface area contributed by atoms with E-state index in [9.17, 15) is 4.79 Å². The molecule has 62 valence electrons. The van der Waals surface area contributed by atoms with E-state index >= 15 is 0 Å². The zero-order valence-corrected chi connectivity index (χ0v) is 7.73. The van der Waals surface area contributed by atoms with Crippen LogP contribution in [0.3, 0.4) is 0 Å². The number of aryl methyl sites for hydroxylation is 1. The Hall–Kier alpha value is -0.640. The zero-order chi connectivity index (χ0) is 8.43. The summed E-state index contributed by atoms with van der Waals surface area (Å²) in [4.78, 5) is 10.8. The van der Waals surface area contributed by atoms with E-state index in [1.807, 2.05) is 24.8 Å². The van der Waals surface area contributed by atoms with Crippen LogP contribution in [-0.2, 0) is 0 Å². The van der Waals surface area contributed by atoms with E-state index in [1.54, 1.807) is 17.8 Å². The van der Waals surface area contributed by atoms with Gasteiger partial charge in [-0.3, -0.25) is 14.6 Å². The van der Waals surface area contributed by atoms with Crippen molar-refractivity contribution in [2.75, 3.05) is 6.26 Å². The number of aromatic nitrogens is 2. The fourth-order valence-electron chi connectivity index (χ4n) is 0.982. The minimum Gasteiger partial charge on any atom is -0.277 e. The third kappa shape index (κ3) is 1.68. The number of hydrogen-bond acceptors (Lipinski definition) is 2. The molecule has 0 fully saturated rings. The molecule has 1 aromatic heterocycles. The van der Waals surface area contributed by atoms with Gasteiger partial charge in [0.2, 0.25) is 0 Å². The highest BCUT2D eigenvalue weighted by atomic mass is 32.2. The Balaban J connectivity index is 3.02. The first-order chi connectivity index (χ1) is 5.15. The summed E-state index contributed by atoms with van der Waals surface area (Å²) < 4.78 is 1.87. The predicted octanol–water partition coefficient (Wildman–Crippen LogP) is 1.37. The molecule has 0 aliphatic heterocycles. The van der Waals surface area contributed by atoms with E-state index in [1.165, 1.54) is 0 Å². The summed E-state index contributed by atoms with van der Waals surface area (Å²) in [6, 6.07) is 1.60. The number of nitrogens with zero attached hydrogens (tertiary/aromatic N) is 1. The van der Waals surface area contributed by atoms with Crippen molar-refractivity contribution >= 4 is 11.8 Å². The van der Waals surface area contributed by atoms with Crippen molar-refractivity contribution in [3.63, 3.8) is 0 Å². The molecular weight excluding hydrogens is 160 g/mol. The highest BCUT2D eigenvalue weighted by molar-refractivity contribution is 7.98. The summed E-state index contributed by atoms with van der Waals surface area (Å²) in [5.41, 5.74) is 0.959. The summed E-state index contributed by atoms with van der Waals surface area (Å²) in [7, 11) is 0. The average molecular weight is 172 g/mol. The zero-order valence-electron chi connectivity index (χ0n) is 6.92. The summed E-state index contributed by atoms with van der Waals surface area (Å²) in [6.07, 6.45) is 2.02. The molecule has 1 rings (SSSR count). The summed E-state index contributed by atoms with van der Waals surface area (Å²) in [5, 5.41) is 3.04. The number of nitrogens with one attached hydrogen (secondary N) is 1. The summed E-state index contributed by atoms with van der Waals surface area (Å²) >= 11 is 1.70. The van der Waals surface area contributed by atoms with E-state index in [2.05, 4.69) is 5.10 Å². The van der Waals surface area contributed by atoms with Crippen LogP contribution in [0.1, 0.15) is 18.0 Å². The first kappa shape index (κ1) is 8.46. The lowest BCUT2D eigenvalue weighted by Crippen LogP contribution is -2.08. The average Bonchev–Trinajstić information content (AvgIpc) is 2.28.